The second-order valence-corrected chi connectivity index (χ2v) is 11.8. The molecule has 0 aromatic carbocycles. The third-order valence-electron chi connectivity index (χ3n) is 7.08. The summed E-state index contributed by atoms with van der Waals surface area (Å²) in [5, 5.41) is 0. The molecule has 1 fully saturated rings. The molecule has 1 aliphatic heterocycles. The molecule has 39 heavy (non-hydrogen) atoms. The highest BCUT2D eigenvalue weighted by atomic mass is 31.2. The van der Waals surface area contributed by atoms with Crippen molar-refractivity contribution in [1.29, 1.82) is 0 Å². The molecule has 2 radical (unpaired) electrons. The summed E-state index contributed by atoms with van der Waals surface area (Å²) in [6.07, 6.45) is 18.6. The number of ether oxygens (including phenoxy) is 2. The van der Waals surface area contributed by atoms with Crippen molar-refractivity contribution in [3.63, 3.8) is 0 Å². The van der Waals surface area contributed by atoms with Crippen molar-refractivity contribution >= 4 is 22.2 Å². The highest BCUT2D eigenvalue weighted by Crippen LogP contribution is 2.40. The zero-order valence-corrected chi connectivity index (χ0v) is 25.6. The van der Waals surface area contributed by atoms with E-state index in [0.29, 0.717) is 25.7 Å². The Labute approximate surface area is 241 Å². The van der Waals surface area contributed by atoms with E-state index < -0.39 is 8.60 Å². The van der Waals surface area contributed by atoms with Gasteiger partial charge in [-0.05, 0) is 19.3 Å². The van der Waals surface area contributed by atoms with Gasteiger partial charge in [-0.15, -0.1) is 0 Å². The molecule has 0 aromatic rings. The van der Waals surface area contributed by atoms with Crippen molar-refractivity contribution in [3.05, 3.63) is 11.4 Å². The number of rotatable bonds is 27. The van der Waals surface area contributed by atoms with Gasteiger partial charge >= 0.3 is 8.60 Å². The molecule has 0 spiro atoms. The first kappa shape index (κ1) is 36.4. The van der Waals surface area contributed by atoms with Gasteiger partial charge in [0.15, 0.2) is 0 Å². The van der Waals surface area contributed by atoms with Gasteiger partial charge in [0, 0.05) is 32.0 Å². The second kappa shape index (κ2) is 25.2. The maximum absolute atomic E-state index is 12.4. The van der Waals surface area contributed by atoms with E-state index in [1.54, 1.807) is 7.11 Å². The van der Waals surface area contributed by atoms with Crippen LogP contribution < -0.4 is 5.73 Å². The van der Waals surface area contributed by atoms with E-state index in [4.69, 9.17) is 43.2 Å². The first-order valence-electron chi connectivity index (χ1n) is 15.2. The summed E-state index contributed by atoms with van der Waals surface area (Å²) in [4.78, 5) is 15.7. The zero-order chi connectivity index (χ0) is 28.6. The topological polar surface area (TPSA) is 93.6 Å². The molecule has 0 bridgehead atoms. The highest BCUT2D eigenvalue weighted by Gasteiger charge is 2.31. The van der Waals surface area contributed by atoms with E-state index in [0.717, 1.165) is 12.8 Å². The van der Waals surface area contributed by atoms with Crippen molar-refractivity contribution in [2.45, 2.75) is 140 Å². The molecular formula is C29H54BN2O6P. The van der Waals surface area contributed by atoms with Crippen LogP contribution in [0.4, 0.5) is 0 Å². The van der Waals surface area contributed by atoms with Gasteiger partial charge in [-0.1, -0.05) is 84.0 Å². The molecule has 1 heterocycles. The van der Waals surface area contributed by atoms with Gasteiger partial charge in [-0.3, -0.25) is 4.79 Å². The first-order chi connectivity index (χ1) is 19.0. The summed E-state index contributed by atoms with van der Waals surface area (Å²) >= 11 is 0. The van der Waals surface area contributed by atoms with Crippen molar-refractivity contribution in [2.75, 3.05) is 33.5 Å². The lowest BCUT2D eigenvalue weighted by atomic mass is 9.95. The Morgan fingerprint density at radius 1 is 1.00 bits per heavy atom. The number of nitrogens with two attached hydrogens (primary N) is 1. The lowest BCUT2D eigenvalue weighted by Gasteiger charge is -2.22. The Balaban J connectivity index is 2.13. The fourth-order valence-corrected chi connectivity index (χ4v) is 5.58. The van der Waals surface area contributed by atoms with Gasteiger partial charge in [0.25, 0.3) is 0 Å². The van der Waals surface area contributed by atoms with Crippen LogP contribution in [0, 0.1) is 6.57 Å². The maximum atomic E-state index is 12.4. The summed E-state index contributed by atoms with van der Waals surface area (Å²) in [7, 11) is 5.71. The molecule has 1 saturated heterocycles. The molecular weight excluding hydrogens is 514 g/mol. The number of nitrogens with zero attached hydrogens (tertiary/aromatic N) is 1. The number of hydrogen-bond donors (Lipinski definition) is 1. The summed E-state index contributed by atoms with van der Waals surface area (Å²) in [6, 6.07) is -0.591. The van der Waals surface area contributed by atoms with Crippen LogP contribution in [0.5, 0.6) is 0 Å². The quantitative estimate of drug-likeness (QED) is 0.0514. The smallest absolute Gasteiger partial charge is 0.333 e. The highest BCUT2D eigenvalue weighted by molar-refractivity contribution is 7.41. The minimum atomic E-state index is -1.70. The van der Waals surface area contributed by atoms with E-state index in [1.165, 1.54) is 70.6 Å². The Hall–Kier alpha value is -0.585. The number of carbonyl (C=O) groups excluding carboxylic acids is 1. The maximum Gasteiger partial charge on any atom is 0.333 e. The lowest BCUT2D eigenvalue weighted by molar-refractivity contribution is -0.120. The van der Waals surface area contributed by atoms with E-state index in [2.05, 4.69) is 11.8 Å². The predicted octanol–water partition coefficient (Wildman–Crippen LogP) is 6.64. The van der Waals surface area contributed by atoms with Crippen LogP contribution in [0.1, 0.15) is 116 Å². The SMILES string of the molecule is [B][C@H]1CC(N)[C@@H](COP(OCC[N+]#[C-])OCC(CCC(=O)CCCCCCCCCCCCCCC)OC)O1. The Morgan fingerprint density at radius 2 is 1.62 bits per heavy atom. The van der Waals surface area contributed by atoms with Crippen molar-refractivity contribution in [2.24, 2.45) is 5.73 Å². The fraction of sp³-hybridized carbons (Fsp3) is 0.931. The summed E-state index contributed by atoms with van der Waals surface area (Å²) in [5.74, 6) is 0.274. The normalized spacial score (nSPS) is 20.6. The van der Waals surface area contributed by atoms with Crippen molar-refractivity contribution < 1.29 is 27.8 Å². The molecule has 0 amide bonds. The van der Waals surface area contributed by atoms with Crippen LogP contribution >= 0.6 is 8.60 Å². The average Bonchev–Trinajstić information content (AvgIpc) is 3.25. The Bertz CT molecular complexity index is 641. The van der Waals surface area contributed by atoms with Crippen LogP contribution in [0.3, 0.4) is 0 Å². The first-order valence-corrected chi connectivity index (χ1v) is 16.3. The summed E-state index contributed by atoms with van der Waals surface area (Å²) < 4.78 is 28.3. The van der Waals surface area contributed by atoms with Gasteiger partial charge < -0.3 is 33.6 Å². The number of ketones is 1. The number of hydrogen-bond acceptors (Lipinski definition) is 7. The van der Waals surface area contributed by atoms with Crippen LogP contribution in [0.2, 0.25) is 0 Å². The van der Waals surface area contributed by atoms with Crippen LogP contribution in [-0.2, 0) is 27.8 Å². The van der Waals surface area contributed by atoms with Crippen molar-refractivity contribution in [3.8, 4) is 0 Å². The molecule has 10 heteroatoms. The number of Topliss-reactive ketones (excluding diaryl/α,β-unsaturated/α-hetero) is 1. The van der Waals surface area contributed by atoms with Crippen LogP contribution in [0.15, 0.2) is 0 Å². The summed E-state index contributed by atoms with van der Waals surface area (Å²) in [5.41, 5.74) is 6.03. The molecule has 5 atom stereocenters. The van der Waals surface area contributed by atoms with Crippen LogP contribution in [-0.4, -0.2) is 71.4 Å². The molecule has 2 N–H and O–H groups in total. The molecule has 1 aliphatic rings. The Kier molecular flexibility index (Phi) is 23.5. The third kappa shape index (κ3) is 20.0. The molecule has 1 rings (SSSR count). The Morgan fingerprint density at radius 3 is 2.15 bits per heavy atom. The average molecular weight is 569 g/mol. The van der Waals surface area contributed by atoms with Gasteiger partial charge in [0.2, 0.25) is 6.54 Å². The molecule has 8 nitrogen and oxygen atoms in total. The molecule has 3 unspecified atom stereocenters. The monoisotopic (exact) mass is 568 g/mol. The molecule has 0 saturated carbocycles. The molecule has 0 aliphatic carbocycles. The van der Waals surface area contributed by atoms with Crippen LogP contribution in [0.25, 0.3) is 4.85 Å². The minimum Gasteiger partial charge on any atom is -0.381 e. The van der Waals surface area contributed by atoms with Gasteiger partial charge in [-0.2, -0.15) is 0 Å². The van der Waals surface area contributed by atoms with Gasteiger partial charge in [0.1, 0.15) is 20.2 Å². The second-order valence-electron chi connectivity index (χ2n) is 10.6. The zero-order valence-electron chi connectivity index (χ0n) is 24.7. The number of unbranched alkanes of at least 4 members (excludes halogenated alkanes) is 12. The predicted molar refractivity (Wildman–Crippen MR) is 159 cm³/mol. The van der Waals surface area contributed by atoms with Gasteiger partial charge in [0.05, 0.1) is 25.4 Å². The third-order valence-corrected chi connectivity index (χ3v) is 8.19. The lowest BCUT2D eigenvalue weighted by Crippen LogP contribution is -2.33. The number of carbonyl (C=O) groups is 1. The van der Waals surface area contributed by atoms with Crippen molar-refractivity contribution in [1.82, 2.24) is 0 Å². The van der Waals surface area contributed by atoms with E-state index >= 15 is 0 Å². The fourth-order valence-electron chi connectivity index (χ4n) is 4.57. The minimum absolute atomic E-state index is 0.201. The van der Waals surface area contributed by atoms with E-state index in [1.807, 2.05) is 0 Å². The number of methoxy groups -OCH3 is 1. The molecule has 0 aromatic heterocycles. The van der Waals surface area contributed by atoms with Gasteiger partial charge in [-0.25, -0.2) is 6.57 Å². The van der Waals surface area contributed by atoms with E-state index in [9.17, 15) is 4.79 Å². The molecule has 224 valence electrons. The standard InChI is InChI=1S/C29H54BN2O6P/c1-4-5-6-7-8-9-10-11-12-13-14-15-16-17-25(33)18-19-26(34-3)23-36-39(35-21-20-32-2)37-24-28-27(31)22-29(30)38-28/h26-29H,4-24,31H2,1,3H3/t26?,27?,28-,29-,39?/m1/s1. The van der Waals surface area contributed by atoms with E-state index in [-0.39, 0.29) is 56.4 Å². The summed E-state index contributed by atoms with van der Waals surface area (Å²) in [6.45, 7) is 10.1. The largest absolute Gasteiger partial charge is 0.381 e.